The number of fused-ring (bicyclic) bond motifs is 1. The summed E-state index contributed by atoms with van der Waals surface area (Å²) in [6, 6.07) is 3.14. The molecule has 0 radical (unpaired) electrons. The maximum Gasteiger partial charge on any atom is 0.278 e. The Balaban J connectivity index is 0.000000212. The van der Waals surface area contributed by atoms with E-state index in [1.165, 1.54) is 30.4 Å². The number of aryl methyl sites for hydroxylation is 1. The van der Waals surface area contributed by atoms with Crippen LogP contribution < -0.4 is 5.32 Å². The lowest BCUT2D eigenvalue weighted by atomic mass is 10.00. The van der Waals surface area contributed by atoms with Crippen LogP contribution in [-0.4, -0.2) is 28.4 Å². The molecule has 2 aromatic rings. The van der Waals surface area contributed by atoms with Crippen LogP contribution in [0.25, 0.3) is 5.65 Å². The second-order valence-electron chi connectivity index (χ2n) is 6.86. The molecule has 138 valence electrons. The van der Waals surface area contributed by atoms with Gasteiger partial charge in [0.05, 0.1) is 18.0 Å². The van der Waals surface area contributed by atoms with Crippen LogP contribution in [0.5, 0.6) is 0 Å². The molecule has 1 aliphatic rings. The van der Waals surface area contributed by atoms with Crippen molar-refractivity contribution in [3.63, 3.8) is 0 Å². The molecular formula is C18H25F2N3O2. The Hall–Kier alpha value is -2.02. The second kappa shape index (κ2) is 7.91. The third-order valence-electron chi connectivity index (χ3n) is 4.44. The number of amides is 1. The number of nitrogens with zero attached hydrogens (tertiary/aromatic N) is 2. The molecule has 7 heteroatoms. The SMILES string of the molecule is CC(C)(NC=O)C1CC1.COCc1cc(C(F)F)n2ccc(C)c2n1. The molecule has 2 heterocycles. The van der Waals surface area contributed by atoms with Crippen molar-refractivity contribution in [2.45, 2.75) is 52.2 Å². The molecule has 1 N–H and O–H groups in total. The summed E-state index contributed by atoms with van der Waals surface area (Å²) in [7, 11) is 1.51. The smallest absolute Gasteiger partial charge is 0.278 e. The minimum absolute atomic E-state index is 0.0434. The van der Waals surface area contributed by atoms with Crippen molar-refractivity contribution >= 4 is 12.1 Å². The number of carbonyl (C=O) groups excluding carboxylic acids is 1. The van der Waals surface area contributed by atoms with E-state index in [0.29, 0.717) is 11.3 Å². The van der Waals surface area contributed by atoms with Gasteiger partial charge in [0.15, 0.2) is 0 Å². The summed E-state index contributed by atoms with van der Waals surface area (Å²) in [4.78, 5) is 14.3. The van der Waals surface area contributed by atoms with E-state index in [4.69, 9.17) is 4.74 Å². The van der Waals surface area contributed by atoms with E-state index in [1.807, 2.05) is 6.92 Å². The number of methoxy groups -OCH3 is 1. The largest absolute Gasteiger partial charge is 0.378 e. The molecule has 1 amide bonds. The van der Waals surface area contributed by atoms with Gasteiger partial charge in [0.1, 0.15) is 5.65 Å². The third-order valence-corrected chi connectivity index (χ3v) is 4.44. The standard InChI is InChI=1S/C11H12F2N2O.C7H13NO/c1-7-3-4-15-9(10(12)13)5-8(6-16-2)14-11(7)15;1-7(2,8-5-9)6-3-4-6/h3-5,10H,6H2,1-2H3;5-6H,3-4H2,1-2H3,(H,8,9). The van der Waals surface area contributed by atoms with E-state index in [0.717, 1.165) is 17.9 Å². The first-order valence-corrected chi connectivity index (χ1v) is 8.26. The average Bonchev–Trinajstić information content (AvgIpc) is 3.34. The number of ether oxygens (including phenoxy) is 1. The molecule has 0 spiro atoms. The molecule has 25 heavy (non-hydrogen) atoms. The van der Waals surface area contributed by atoms with Gasteiger partial charge in [0, 0.05) is 18.8 Å². The van der Waals surface area contributed by atoms with Crippen LogP contribution in [0.15, 0.2) is 18.3 Å². The molecule has 0 saturated heterocycles. The Morgan fingerprint density at radius 2 is 2.16 bits per heavy atom. The van der Waals surface area contributed by atoms with E-state index in [1.54, 1.807) is 12.3 Å². The summed E-state index contributed by atoms with van der Waals surface area (Å²) in [6.45, 7) is 6.22. The zero-order valence-electron chi connectivity index (χ0n) is 15.1. The molecule has 5 nitrogen and oxygen atoms in total. The van der Waals surface area contributed by atoms with Crippen LogP contribution in [0.4, 0.5) is 8.78 Å². The lowest BCUT2D eigenvalue weighted by Crippen LogP contribution is -2.40. The van der Waals surface area contributed by atoms with Gasteiger partial charge in [0.2, 0.25) is 6.41 Å². The first-order valence-electron chi connectivity index (χ1n) is 8.26. The zero-order chi connectivity index (χ0) is 18.6. The number of nitrogens with one attached hydrogen (secondary N) is 1. The fourth-order valence-electron chi connectivity index (χ4n) is 2.75. The number of hydrogen-bond acceptors (Lipinski definition) is 3. The predicted octanol–water partition coefficient (Wildman–Crippen LogP) is 3.65. The number of alkyl halides is 2. The highest BCUT2D eigenvalue weighted by Gasteiger charge is 2.37. The molecule has 0 aliphatic heterocycles. The molecule has 0 aromatic carbocycles. The van der Waals surface area contributed by atoms with E-state index in [9.17, 15) is 13.6 Å². The van der Waals surface area contributed by atoms with E-state index < -0.39 is 6.43 Å². The Kier molecular flexibility index (Phi) is 6.11. The molecule has 0 bridgehead atoms. The number of carbonyl (C=O) groups is 1. The van der Waals surface area contributed by atoms with Crippen molar-refractivity contribution in [3.8, 4) is 0 Å². The number of aromatic nitrogens is 2. The maximum atomic E-state index is 12.8. The van der Waals surface area contributed by atoms with Gasteiger partial charge < -0.3 is 10.1 Å². The topological polar surface area (TPSA) is 55.6 Å². The van der Waals surface area contributed by atoms with Gasteiger partial charge in [-0.25, -0.2) is 13.8 Å². The van der Waals surface area contributed by atoms with Gasteiger partial charge in [-0.15, -0.1) is 0 Å². The van der Waals surface area contributed by atoms with Gasteiger partial charge in [-0.3, -0.25) is 9.20 Å². The van der Waals surface area contributed by atoms with Crippen LogP contribution in [0.3, 0.4) is 0 Å². The minimum Gasteiger partial charge on any atom is -0.378 e. The first-order chi connectivity index (χ1) is 11.8. The van der Waals surface area contributed by atoms with E-state index >= 15 is 0 Å². The van der Waals surface area contributed by atoms with Crippen LogP contribution >= 0.6 is 0 Å². The van der Waals surface area contributed by atoms with Crippen LogP contribution in [0.1, 0.15) is 50.1 Å². The zero-order valence-corrected chi connectivity index (χ0v) is 15.1. The lowest BCUT2D eigenvalue weighted by Gasteiger charge is -2.22. The van der Waals surface area contributed by atoms with Crippen molar-refractivity contribution in [3.05, 3.63) is 35.3 Å². The highest BCUT2D eigenvalue weighted by molar-refractivity contribution is 5.50. The number of rotatable bonds is 6. The highest BCUT2D eigenvalue weighted by Crippen LogP contribution is 2.38. The fourth-order valence-corrected chi connectivity index (χ4v) is 2.75. The third kappa shape index (κ3) is 4.75. The number of hydrogen-bond donors (Lipinski definition) is 1. The lowest BCUT2D eigenvalue weighted by molar-refractivity contribution is -0.111. The Morgan fingerprint density at radius 1 is 1.48 bits per heavy atom. The Morgan fingerprint density at radius 3 is 2.68 bits per heavy atom. The van der Waals surface area contributed by atoms with Gasteiger partial charge >= 0.3 is 0 Å². The second-order valence-corrected chi connectivity index (χ2v) is 6.86. The molecule has 1 fully saturated rings. The molecule has 1 aliphatic carbocycles. The summed E-state index contributed by atoms with van der Waals surface area (Å²) in [5, 5.41) is 2.80. The van der Waals surface area contributed by atoms with Crippen LogP contribution in [0.2, 0.25) is 0 Å². The normalized spacial score (nSPS) is 14.4. The van der Waals surface area contributed by atoms with Crippen LogP contribution in [0, 0.1) is 12.8 Å². The molecule has 2 aromatic heterocycles. The van der Waals surface area contributed by atoms with Gasteiger partial charge in [-0.05, 0) is 57.2 Å². The predicted molar refractivity (Wildman–Crippen MR) is 91.6 cm³/mol. The van der Waals surface area contributed by atoms with Crippen molar-refractivity contribution in [1.29, 1.82) is 0 Å². The fraction of sp³-hybridized carbons (Fsp3) is 0.556. The molecule has 1 saturated carbocycles. The van der Waals surface area contributed by atoms with Crippen LogP contribution in [-0.2, 0) is 16.1 Å². The minimum atomic E-state index is -2.52. The van der Waals surface area contributed by atoms with Crippen molar-refractivity contribution in [2.75, 3.05) is 7.11 Å². The van der Waals surface area contributed by atoms with Gasteiger partial charge in [0.25, 0.3) is 6.43 Å². The monoisotopic (exact) mass is 353 g/mol. The quantitative estimate of drug-likeness (QED) is 0.807. The highest BCUT2D eigenvalue weighted by atomic mass is 19.3. The van der Waals surface area contributed by atoms with Crippen molar-refractivity contribution in [2.24, 2.45) is 5.92 Å². The van der Waals surface area contributed by atoms with Gasteiger partial charge in [-0.1, -0.05) is 0 Å². The summed E-state index contributed by atoms with van der Waals surface area (Å²) in [6.07, 6.45) is 2.42. The Labute approximate surface area is 146 Å². The summed E-state index contributed by atoms with van der Waals surface area (Å²) >= 11 is 0. The maximum absolute atomic E-state index is 12.8. The summed E-state index contributed by atoms with van der Waals surface area (Å²) in [5.74, 6) is 0.725. The first kappa shape index (κ1) is 19.3. The molecule has 3 rings (SSSR count). The Bertz CT molecular complexity index is 724. The summed E-state index contributed by atoms with van der Waals surface area (Å²) in [5.41, 5.74) is 1.95. The summed E-state index contributed by atoms with van der Waals surface area (Å²) < 4.78 is 32.0. The van der Waals surface area contributed by atoms with Gasteiger partial charge in [-0.2, -0.15) is 0 Å². The van der Waals surface area contributed by atoms with E-state index in [-0.39, 0.29) is 17.8 Å². The molecule has 0 atom stereocenters. The van der Waals surface area contributed by atoms with Crippen molar-refractivity contribution in [1.82, 2.24) is 14.7 Å². The van der Waals surface area contributed by atoms with Crippen molar-refractivity contribution < 1.29 is 18.3 Å². The molecule has 0 unspecified atom stereocenters. The average molecular weight is 353 g/mol. The molecular weight excluding hydrogens is 328 g/mol. The van der Waals surface area contributed by atoms with E-state index in [2.05, 4.69) is 24.1 Å². The number of halogens is 2.